The normalized spacial score (nSPS) is 12.9. The molecule has 182 valence electrons. The van der Waals surface area contributed by atoms with Crippen LogP contribution in [-0.4, -0.2) is 28.1 Å². The van der Waals surface area contributed by atoms with Gasteiger partial charge in [0.05, 0.1) is 0 Å². The molecular weight excluding hydrogens is 402 g/mol. The first-order chi connectivity index (χ1) is 15.6. The van der Waals surface area contributed by atoms with Crippen LogP contribution in [0.3, 0.4) is 0 Å². The van der Waals surface area contributed by atoms with Crippen molar-refractivity contribution >= 4 is 11.9 Å². The number of aliphatic carboxylic acids is 1. The molecule has 0 aliphatic carbocycles. The van der Waals surface area contributed by atoms with Gasteiger partial charge in [0, 0.05) is 6.42 Å². The molecule has 0 heterocycles. The van der Waals surface area contributed by atoms with Gasteiger partial charge in [-0.25, -0.2) is 4.79 Å². The number of aliphatic hydroxyl groups excluding tert-OH is 1. The molecule has 0 unspecified atom stereocenters. The molecule has 1 rings (SSSR count). The summed E-state index contributed by atoms with van der Waals surface area (Å²) >= 11 is 0. The number of nitrogens with one attached hydrogen (secondary N) is 1. The van der Waals surface area contributed by atoms with Crippen LogP contribution in [0, 0.1) is 0 Å². The van der Waals surface area contributed by atoms with Crippen molar-refractivity contribution in [2.24, 2.45) is 0 Å². The highest BCUT2D eigenvalue weighted by Crippen LogP contribution is 2.17. The number of carboxylic acids is 1. The van der Waals surface area contributed by atoms with Crippen LogP contribution in [0.2, 0.25) is 0 Å². The number of amides is 1. The van der Waals surface area contributed by atoms with Crippen molar-refractivity contribution in [3.8, 4) is 0 Å². The van der Waals surface area contributed by atoms with Gasteiger partial charge in [-0.2, -0.15) is 0 Å². The van der Waals surface area contributed by atoms with Gasteiger partial charge in [-0.1, -0.05) is 127 Å². The van der Waals surface area contributed by atoms with Crippen LogP contribution in [0.25, 0.3) is 0 Å². The van der Waals surface area contributed by atoms with Gasteiger partial charge in [-0.15, -0.1) is 0 Å². The molecule has 0 bridgehead atoms. The Bertz CT molecular complexity index is 605. The first kappa shape index (κ1) is 28.2. The molecule has 32 heavy (non-hydrogen) atoms. The maximum atomic E-state index is 12.1. The number of benzene rings is 1. The van der Waals surface area contributed by atoms with Crippen molar-refractivity contribution in [1.82, 2.24) is 5.32 Å². The first-order valence-corrected chi connectivity index (χ1v) is 12.8. The Labute approximate surface area is 195 Å². The average molecular weight is 448 g/mol. The summed E-state index contributed by atoms with van der Waals surface area (Å²) in [6.07, 6.45) is 18.0. The molecule has 1 amide bonds. The van der Waals surface area contributed by atoms with Crippen LogP contribution in [0.4, 0.5) is 0 Å². The van der Waals surface area contributed by atoms with Gasteiger partial charge < -0.3 is 15.5 Å². The third kappa shape index (κ3) is 13.5. The smallest absolute Gasteiger partial charge is 0.329 e. The van der Waals surface area contributed by atoms with Gasteiger partial charge in [0.15, 0.2) is 6.04 Å². The van der Waals surface area contributed by atoms with E-state index in [-0.39, 0.29) is 5.91 Å². The number of carbonyl (C=O) groups excluding carboxylic acids is 1. The van der Waals surface area contributed by atoms with E-state index in [9.17, 15) is 19.8 Å². The lowest BCUT2D eigenvalue weighted by atomic mass is 10.0. The van der Waals surface area contributed by atoms with E-state index in [2.05, 4.69) is 12.2 Å². The summed E-state index contributed by atoms with van der Waals surface area (Å²) in [5.41, 5.74) is 0.479. The molecular formula is C27H45NO4. The lowest BCUT2D eigenvalue weighted by Crippen LogP contribution is -2.44. The standard InChI is InChI=1S/C27H45NO4/c1-2-3-4-5-6-7-8-9-10-11-12-13-14-15-19-22-24(29)28-25(27(31)32)26(30)23-20-17-16-18-21-23/h16-18,20-21,25-26,30H,2-15,19,22H2,1H3,(H,28,29)(H,31,32)/t25-,26+/m1/s1. The quantitative estimate of drug-likeness (QED) is 0.198. The van der Waals surface area contributed by atoms with E-state index >= 15 is 0 Å². The van der Waals surface area contributed by atoms with Crippen molar-refractivity contribution in [3.05, 3.63) is 35.9 Å². The van der Waals surface area contributed by atoms with Crippen LogP contribution < -0.4 is 5.32 Å². The lowest BCUT2D eigenvalue weighted by molar-refractivity contribution is -0.145. The van der Waals surface area contributed by atoms with Crippen LogP contribution in [0.1, 0.15) is 121 Å². The van der Waals surface area contributed by atoms with Crippen LogP contribution >= 0.6 is 0 Å². The van der Waals surface area contributed by atoms with Crippen molar-refractivity contribution in [1.29, 1.82) is 0 Å². The predicted molar refractivity (Wildman–Crippen MR) is 131 cm³/mol. The fraction of sp³-hybridized carbons (Fsp3) is 0.704. The maximum Gasteiger partial charge on any atom is 0.329 e. The first-order valence-electron chi connectivity index (χ1n) is 12.8. The van der Waals surface area contributed by atoms with E-state index in [1.165, 1.54) is 77.0 Å². The highest BCUT2D eigenvalue weighted by molar-refractivity contribution is 5.84. The Morgan fingerprint density at radius 2 is 1.19 bits per heavy atom. The second kappa shape index (κ2) is 18.7. The fourth-order valence-corrected chi connectivity index (χ4v) is 4.02. The Morgan fingerprint density at radius 3 is 1.62 bits per heavy atom. The largest absolute Gasteiger partial charge is 0.480 e. The number of carbonyl (C=O) groups is 2. The summed E-state index contributed by atoms with van der Waals surface area (Å²) in [5, 5.41) is 22.2. The highest BCUT2D eigenvalue weighted by Gasteiger charge is 2.29. The molecule has 0 aliphatic rings. The summed E-state index contributed by atoms with van der Waals surface area (Å²) in [6, 6.07) is 7.23. The van der Waals surface area contributed by atoms with Gasteiger partial charge in [-0.3, -0.25) is 4.79 Å². The number of hydrogen-bond acceptors (Lipinski definition) is 3. The summed E-state index contributed by atoms with van der Waals surface area (Å²) in [5.74, 6) is -1.55. The molecule has 3 N–H and O–H groups in total. The molecule has 5 nitrogen and oxygen atoms in total. The van der Waals surface area contributed by atoms with Gasteiger partial charge in [-0.05, 0) is 12.0 Å². The molecule has 5 heteroatoms. The molecule has 0 fully saturated rings. The predicted octanol–water partition coefficient (Wildman–Crippen LogP) is 6.55. The number of carboxylic acid groups (broad SMARTS) is 1. The zero-order chi connectivity index (χ0) is 23.4. The molecule has 0 aromatic heterocycles. The van der Waals surface area contributed by atoms with Crippen LogP contribution in [0.5, 0.6) is 0 Å². The van der Waals surface area contributed by atoms with Gasteiger partial charge in [0.2, 0.25) is 5.91 Å². The molecule has 0 radical (unpaired) electrons. The molecule has 0 aliphatic heterocycles. The highest BCUT2D eigenvalue weighted by atomic mass is 16.4. The minimum Gasteiger partial charge on any atom is -0.480 e. The number of aliphatic hydroxyl groups is 1. The van der Waals surface area contributed by atoms with Crippen molar-refractivity contribution < 1.29 is 19.8 Å². The SMILES string of the molecule is CCCCCCCCCCCCCCCCCC(=O)N[C@@H](C(=O)O)[C@@H](O)c1ccccc1. The summed E-state index contributed by atoms with van der Waals surface area (Å²) in [6.45, 7) is 2.26. The molecule has 0 saturated heterocycles. The third-order valence-corrected chi connectivity index (χ3v) is 6.05. The van der Waals surface area contributed by atoms with Crippen molar-refractivity contribution in [3.63, 3.8) is 0 Å². The fourth-order valence-electron chi connectivity index (χ4n) is 4.02. The molecule has 0 spiro atoms. The van der Waals surface area contributed by atoms with Crippen molar-refractivity contribution in [2.75, 3.05) is 0 Å². The van der Waals surface area contributed by atoms with E-state index in [1.54, 1.807) is 30.3 Å². The average Bonchev–Trinajstić information content (AvgIpc) is 2.80. The molecule has 2 atom stereocenters. The monoisotopic (exact) mass is 447 g/mol. The van der Waals surface area contributed by atoms with Crippen molar-refractivity contribution in [2.45, 2.75) is 122 Å². The zero-order valence-corrected chi connectivity index (χ0v) is 20.1. The number of unbranched alkanes of at least 4 members (excludes halogenated alkanes) is 14. The van der Waals surface area contributed by atoms with Crippen LogP contribution in [-0.2, 0) is 9.59 Å². The van der Waals surface area contributed by atoms with E-state index in [4.69, 9.17) is 0 Å². The van der Waals surface area contributed by atoms with E-state index in [1.807, 2.05) is 0 Å². The van der Waals surface area contributed by atoms with Gasteiger partial charge in [0.25, 0.3) is 0 Å². The summed E-state index contributed by atoms with van der Waals surface area (Å²) in [7, 11) is 0. The van der Waals surface area contributed by atoms with E-state index < -0.39 is 18.1 Å². The van der Waals surface area contributed by atoms with E-state index in [0.29, 0.717) is 12.0 Å². The molecule has 1 aromatic rings. The lowest BCUT2D eigenvalue weighted by Gasteiger charge is -2.20. The second-order valence-electron chi connectivity index (χ2n) is 8.94. The minimum absolute atomic E-state index is 0.295. The second-order valence-corrected chi connectivity index (χ2v) is 8.94. The Kier molecular flexibility index (Phi) is 16.4. The topological polar surface area (TPSA) is 86.6 Å². The number of rotatable bonds is 20. The van der Waals surface area contributed by atoms with Crippen LogP contribution in [0.15, 0.2) is 30.3 Å². The van der Waals surface area contributed by atoms with E-state index in [0.717, 1.165) is 19.3 Å². The van der Waals surface area contributed by atoms with Gasteiger partial charge >= 0.3 is 5.97 Å². The minimum atomic E-state index is -1.33. The number of hydrogen-bond donors (Lipinski definition) is 3. The summed E-state index contributed by atoms with van der Waals surface area (Å²) in [4.78, 5) is 23.6. The Hall–Kier alpha value is -1.88. The molecule has 1 aromatic carbocycles. The maximum absolute atomic E-state index is 12.1. The molecule has 0 saturated carbocycles. The zero-order valence-electron chi connectivity index (χ0n) is 20.1. The Morgan fingerprint density at radius 1 is 0.750 bits per heavy atom. The summed E-state index contributed by atoms with van der Waals surface area (Å²) < 4.78 is 0. The van der Waals surface area contributed by atoms with Gasteiger partial charge in [0.1, 0.15) is 6.10 Å². The third-order valence-electron chi connectivity index (χ3n) is 6.05. The Balaban J connectivity index is 2.02.